The zero-order valence-electron chi connectivity index (χ0n) is 8.15. The molecule has 0 bridgehead atoms. The average molecular weight is 160 g/mol. The largest absolute Gasteiger partial charge is 0.0923 e. The van der Waals surface area contributed by atoms with Crippen LogP contribution in [0.3, 0.4) is 0 Å². The summed E-state index contributed by atoms with van der Waals surface area (Å²) in [7, 11) is 0. The van der Waals surface area contributed by atoms with Gasteiger partial charge in [0.25, 0.3) is 0 Å². The maximum atomic E-state index is 3.24. The van der Waals surface area contributed by atoms with Crippen LogP contribution >= 0.6 is 0 Å². The van der Waals surface area contributed by atoms with Crippen LogP contribution in [-0.2, 0) is 0 Å². The minimum atomic E-state index is 0.127. The third kappa shape index (κ3) is 3.44. The molecule has 64 valence electrons. The van der Waals surface area contributed by atoms with Crippen molar-refractivity contribution in [2.45, 2.75) is 33.6 Å². The van der Waals surface area contributed by atoms with E-state index in [0.29, 0.717) is 0 Å². The Bertz CT molecular complexity index is 261. The van der Waals surface area contributed by atoms with E-state index >= 15 is 0 Å². The van der Waals surface area contributed by atoms with Crippen molar-refractivity contribution in [1.29, 1.82) is 0 Å². The maximum absolute atomic E-state index is 3.24. The summed E-state index contributed by atoms with van der Waals surface area (Å²) in [5, 5.41) is 0. The Labute approximate surface area is 75.4 Å². The van der Waals surface area contributed by atoms with Crippen molar-refractivity contribution in [3.05, 3.63) is 23.8 Å². The van der Waals surface area contributed by atoms with Crippen LogP contribution < -0.4 is 0 Å². The molecule has 0 heteroatoms. The molecule has 0 nitrogen and oxygen atoms in total. The van der Waals surface area contributed by atoms with E-state index in [4.69, 9.17) is 0 Å². The molecule has 12 heavy (non-hydrogen) atoms. The molecule has 0 heterocycles. The summed E-state index contributed by atoms with van der Waals surface area (Å²) in [6.07, 6.45) is 8.64. The lowest BCUT2D eigenvalue weighted by Crippen LogP contribution is -1.99. The lowest BCUT2D eigenvalue weighted by molar-refractivity contribution is 0.571. The van der Waals surface area contributed by atoms with E-state index < -0.39 is 0 Å². The molecular formula is C12H16. The molecule has 0 aromatic heterocycles. The smallest absolute Gasteiger partial charge is 0.0233 e. The van der Waals surface area contributed by atoms with E-state index in [1.54, 1.807) is 0 Å². The van der Waals surface area contributed by atoms with Crippen LogP contribution in [0, 0.1) is 17.3 Å². The summed E-state index contributed by atoms with van der Waals surface area (Å²) in [6.45, 7) is 6.41. The lowest BCUT2D eigenvalue weighted by atomic mass is 9.96. The lowest BCUT2D eigenvalue weighted by Gasteiger charge is -2.08. The van der Waals surface area contributed by atoms with Crippen LogP contribution in [0.15, 0.2) is 23.8 Å². The van der Waals surface area contributed by atoms with Crippen molar-refractivity contribution in [3.8, 4) is 11.8 Å². The third-order valence-corrected chi connectivity index (χ3v) is 1.61. The number of hydrogen-bond acceptors (Lipinski definition) is 0. The molecule has 0 atom stereocenters. The highest BCUT2D eigenvalue weighted by Gasteiger charge is 2.03. The predicted octanol–water partition coefficient (Wildman–Crippen LogP) is 3.31. The number of allylic oxidation sites excluding steroid dienone is 4. The molecule has 0 radical (unpaired) electrons. The highest BCUT2D eigenvalue weighted by molar-refractivity contribution is 5.35. The molecule has 0 saturated carbocycles. The van der Waals surface area contributed by atoms with Crippen LogP contribution in [0.5, 0.6) is 0 Å². The molecule has 0 aliphatic heterocycles. The van der Waals surface area contributed by atoms with Gasteiger partial charge >= 0.3 is 0 Å². The number of rotatable bonds is 0. The fraction of sp³-hybridized carbons (Fsp3) is 0.500. The average Bonchev–Trinajstić information content (AvgIpc) is 2.02. The first-order chi connectivity index (χ1) is 5.58. The van der Waals surface area contributed by atoms with Gasteiger partial charge in [0.15, 0.2) is 0 Å². The normalized spacial score (nSPS) is 16.4. The van der Waals surface area contributed by atoms with Gasteiger partial charge in [-0.3, -0.25) is 0 Å². The molecule has 1 rings (SSSR count). The van der Waals surface area contributed by atoms with Gasteiger partial charge < -0.3 is 0 Å². The molecule has 1 aliphatic carbocycles. The summed E-state index contributed by atoms with van der Waals surface area (Å²) < 4.78 is 0. The van der Waals surface area contributed by atoms with Gasteiger partial charge in [-0.25, -0.2) is 0 Å². The summed E-state index contributed by atoms with van der Waals surface area (Å²) in [5.74, 6) is 6.46. The fourth-order valence-electron chi connectivity index (χ4n) is 0.975. The molecule has 0 aromatic rings. The monoisotopic (exact) mass is 160 g/mol. The SMILES string of the molecule is CC(C)(C)C#CC1=CC=CCC1. The Morgan fingerprint density at radius 3 is 2.58 bits per heavy atom. The van der Waals surface area contributed by atoms with Gasteiger partial charge in [0.1, 0.15) is 0 Å². The molecule has 0 amide bonds. The Morgan fingerprint density at radius 2 is 2.08 bits per heavy atom. The van der Waals surface area contributed by atoms with Crippen LogP contribution in [-0.4, -0.2) is 0 Å². The van der Waals surface area contributed by atoms with Crippen molar-refractivity contribution in [3.63, 3.8) is 0 Å². The molecule has 0 aromatic carbocycles. The van der Waals surface area contributed by atoms with Crippen LogP contribution in [0.1, 0.15) is 33.6 Å². The van der Waals surface area contributed by atoms with Gasteiger partial charge in [0, 0.05) is 11.0 Å². The van der Waals surface area contributed by atoms with Crippen molar-refractivity contribution in [2.75, 3.05) is 0 Å². The molecular weight excluding hydrogens is 144 g/mol. The Hall–Kier alpha value is -0.960. The van der Waals surface area contributed by atoms with E-state index in [-0.39, 0.29) is 5.41 Å². The first-order valence-electron chi connectivity index (χ1n) is 4.47. The van der Waals surface area contributed by atoms with Crippen molar-refractivity contribution in [1.82, 2.24) is 0 Å². The molecule has 0 fully saturated rings. The minimum Gasteiger partial charge on any atom is -0.0923 e. The fourth-order valence-corrected chi connectivity index (χ4v) is 0.975. The summed E-state index contributed by atoms with van der Waals surface area (Å²) >= 11 is 0. The quantitative estimate of drug-likeness (QED) is 0.477. The van der Waals surface area contributed by atoms with Crippen LogP contribution in [0.25, 0.3) is 0 Å². The topological polar surface area (TPSA) is 0 Å². The van der Waals surface area contributed by atoms with E-state index in [0.717, 1.165) is 12.8 Å². The Kier molecular flexibility index (Phi) is 2.76. The molecule has 0 unspecified atom stereocenters. The second-order valence-electron chi connectivity index (χ2n) is 4.16. The van der Waals surface area contributed by atoms with Gasteiger partial charge in [-0.2, -0.15) is 0 Å². The zero-order chi connectivity index (χ0) is 9.03. The van der Waals surface area contributed by atoms with Crippen LogP contribution in [0.2, 0.25) is 0 Å². The van der Waals surface area contributed by atoms with E-state index in [1.165, 1.54) is 5.57 Å². The van der Waals surface area contributed by atoms with Gasteiger partial charge in [-0.15, -0.1) is 0 Å². The molecule has 0 saturated heterocycles. The first-order valence-corrected chi connectivity index (χ1v) is 4.47. The summed E-state index contributed by atoms with van der Waals surface area (Å²) in [6, 6.07) is 0. The second kappa shape index (κ2) is 3.63. The minimum absolute atomic E-state index is 0.127. The van der Waals surface area contributed by atoms with Gasteiger partial charge in [-0.05, 0) is 33.6 Å². The van der Waals surface area contributed by atoms with E-state index in [2.05, 4.69) is 50.8 Å². The van der Waals surface area contributed by atoms with Gasteiger partial charge in [-0.1, -0.05) is 30.1 Å². The first kappa shape index (κ1) is 9.13. The van der Waals surface area contributed by atoms with Gasteiger partial charge in [0.05, 0.1) is 0 Å². The van der Waals surface area contributed by atoms with Crippen molar-refractivity contribution < 1.29 is 0 Å². The van der Waals surface area contributed by atoms with E-state index in [9.17, 15) is 0 Å². The Balaban J connectivity index is 2.65. The molecule has 0 spiro atoms. The Morgan fingerprint density at radius 1 is 1.33 bits per heavy atom. The second-order valence-corrected chi connectivity index (χ2v) is 4.16. The zero-order valence-corrected chi connectivity index (χ0v) is 8.15. The summed E-state index contributed by atoms with van der Waals surface area (Å²) in [4.78, 5) is 0. The van der Waals surface area contributed by atoms with Crippen molar-refractivity contribution >= 4 is 0 Å². The van der Waals surface area contributed by atoms with Crippen LogP contribution in [0.4, 0.5) is 0 Å². The predicted molar refractivity (Wildman–Crippen MR) is 53.7 cm³/mol. The maximum Gasteiger partial charge on any atom is 0.0233 e. The summed E-state index contributed by atoms with van der Waals surface area (Å²) in [5.41, 5.74) is 1.40. The third-order valence-electron chi connectivity index (χ3n) is 1.61. The van der Waals surface area contributed by atoms with Gasteiger partial charge in [0.2, 0.25) is 0 Å². The molecule has 1 aliphatic rings. The standard InChI is InChI=1S/C12H16/c1-12(2,3)10-9-11-7-5-4-6-8-11/h4-5,7H,6,8H2,1-3H3. The number of hydrogen-bond donors (Lipinski definition) is 0. The highest BCUT2D eigenvalue weighted by atomic mass is 14.1. The van der Waals surface area contributed by atoms with Crippen molar-refractivity contribution in [2.24, 2.45) is 5.41 Å². The van der Waals surface area contributed by atoms with E-state index in [1.807, 2.05) is 0 Å². The molecule has 0 N–H and O–H groups in total. The highest BCUT2D eigenvalue weighted by Crippen LogP contribution is 2.14.